The number of hydrogen-bond acceptors (Lipinski definition) is 0. The summed E-state index contributed by atoms with van der Waals surface area (Å²) in [5.74, 6) is 0. The Bertz CT molecular complexity index is 109. The Morgan fingerprint density at radius 2 is 0.824 bits per heavy atom. The topological polar surface area (TPSA) is 0 Å². The third-order valence-electron chi connectivity index (χ3n) is 3.52. The molecule has 0 atom stereocenters. The molecule has 0 spiro atoms. The van der Waals surface area contributed by atoms with Crippen LogP contribution in [-0.2, 0) is 0 Å². The van der Waals surface area contributed by atoms with Gasteiger partial charge in [-0.3, -0.25) is 0 Å². The Morgan fingerprint density at radius 1 is 0.471 bits per heavy atom. The summed E-state index contributed by atoms with van der Waals surface area (Å²) < 4.78 is 0. The van der Waals surface area contributed by atoms with Crippen LogP contribution in [0.4, 0.5) is 0 Å². The minimum atomic E-state index is 0.794. The number of rotatable bonds is 14. The summed E-state index contributed by atoms with van der Waals surface area (Å²) in [5.41, 5.74) is 0. The number of hydrogen-bond donors (Lipinski definition) is 0. The molecule has 0 heterocycles. The van der Waals surface area contributed by atoms with Crippen molar-refractivity contribution in [1.82, 2.24) is 0 Å². The van der Waals surface area contributed by atoms with E-state index in [1.807, 2.05) is 0 Å². The van der Waals surface area contributed by atoms with E-state index in [4.69, 9.17) is 0 Å². The molecule has 0 aliphatic rings. The normalized spacial score (nSPS) is 10.5. The van der Waals surface area contributed by atoms with Crippen molar-refractivity contribution in [2.75, 3.05) is 0 Å². The van der Waals surface area contributed by atoms with Gasteiger partial charge >= 0.3 is 117 Å². The van der Waals surface area contributed by atoms with Gasteiger partial charge in [0.1, 0.15) is 0 Å². The molecule has 0 aromatic heterocycles. The average molecular weight is 253 g/mol. The van der Waals surface area contributed by atoms with Gasteiger partial charge in [0.15, 0.2) is 0 Å². The summed E-state index contributed by atoms with van der Waals surface area (Å²) in [6.07, 6.45) is 17.6. The monoisotopic (exact) mass is 253 g/mol. The Hall–Kier alpha value is 0.532. The van der Waals surface area contributed by atoms with Crippen molar-refractivity contribution in [2.24, 2.45) is 0 Å². The fraction of sp³-hybridized carbons (Fsp3) is 1.00. The molecule has 0 nitrogen and oxygen atoms in total. The van der Waals surface area contributed by atoms with Crippen molar-refractivity contribution in [3.63, 3.8) is 0 Å². The average Bonchev–Trinajstić information content (AvgIpc) is 2.35. The molecule has 0 bridgehead atoms. The van der Waals surface area contributed by atoms with Gasteiger partial charge in [0.05, 0.1) is 0 Å². The Balaban J connectivity index is 2.85. The van der Waals surface area contributed by atoms with E-state index in [1.165, 1.54) is 77.0 Å². The van der Waals surface area contributed by atoms with Crippen LogP contribution in [0.3, 0.4) is 0 Å². The zero-order chi connectivity index (χ0) is 12.6. The SMILES string of the molecule is CCCCCCC[CH2][Al+][CH2]CCCCCCC. The fourth-order valence-electron chi connectivity index (χ4n) is 2.28. The van der Waals surface area contributed by atoms with Gasteiger partial charge in [0.2, 0.25) is 0 Å². The van der Waals surface area contributed by atoms with Gasteiger partial charge in [-0.05, 0) is 0 Å². The van der Waals surface area contributed by atoms with Crippen molar-refractivity contribution in [1.29, 1.82) is 0 Å². The molecule has 1 heteroatoms. The van der Waals surface area contributed by atoms with E-state index in [9.17, 15) is 0 Å². The third kappa shape index (κ3) is 16.5. The van der Waals surface area contributed by atoms with Crippen LogP contribution in [0.15, 0.2) is 0 Å². The van der Waals surface area contributed by atoms with E-state index >= 15 is 0 Å². The summed E-state index contributed by atoms with van der Waals surface area (Å²) >= 11 is 0.794. The van der Waals surface area contributed by atoms with Gasteiger partial charge in [-0.2, -0.15) is 0 Å². The predicted molar refractivity (Wildman–Crippen MR) is 82.1 cm³/mol. The van der Waals surface area contributed by atoms with Crippen LogP contribution in [0.5, 0.6) is 0 Å². The Kier molecular flexibility index (Phi) is 17.1. The van der Waals surface area contributed by atoms with Crippen LogP contribution in [-0.4, -0.2) is 15.2 Å². The molecule has 0 aliphatic heterocycles. The first-order valence-corrected chi connectivity index (χ1v) is 9.86. The zero-order valence-electron chi connectivity index (χ0n) is 12.5. The molecular weight excluding hydrogens is 219 g/mol. The quantitative estimate of drug-likeness (QED) is 0.253. The molecular formula is C16H34Al+. The maximum absolute atomic E-state index is 2.30. The molecule has 0 aromatic carbocycles. The van der Waals surface area contributed by atoms with Gasteiger partial charge in [-0.25, -0.2) is 0 Å². The second-order valence-electron chi connectivity index (χ2n) is 5.40. The third-order valence-corrected chi connectivity index (χ3v) is 5.16. The standard InChI is InChI=1S/2C8H17.Al/c2*1-3-5-7-8-6-4-2;/h2*1,3-8H2,2H3;/q;;+1. The zero-order valence-corrected chi connectivity index (χ0v) is 13.6. The van der Waals surface area contributed by atoms with Gasteiger partial charge < -0.3 is 0 Å². The van der Waals surface area contributed by atoms with Crippen LogP contribution < -0.4 is 0 Å². The Labute approximate surface area is 117 Å². The van der Waals surface area contributed by atoms with E-state index in [2.05, 4.69) is 13.8 Å². The predicted octanol–water partition coefficient (Wildman–Crippen LogP) is 6.25. The van der Waals surface area contributed by atoms with Crippen LogP contribution in [0, 0.1) is 0 Å². The van der Waals surface area contributed by atoms with E-state index < -0.39 is 0 Å². The first kappa shape index (κ1) is 17.5. The summed E-state index contributed by atoms with van der Waals surface area (Å²) in [6, 6.07) is 0. The molecule has 0 saturated carbocycles. The molecule has 0 fully saturated rings. The van der Waals surface area contributed by atoms with E-state index in [0.29, 0.717) is 0 Å². The minimum absolute atomic E-state index is 0.794. The maximum atomic E-state index is 2.30. The van der Waals surface area contributed by atoms with E-state index in [1.54, 1.807) is 10.6 Å². The van der Waals surface area contributed by atoms with Crippen LogP contribution >= 0.6 is 0 Å². The van der Waals surface area contributed by atoms with E-state index in [0.717, 1.165) is 15.2 Å². The number of unbranched alkanes of at least 4 members (excludes halogenated alkanes) is 10. The molecule has 0 saturated heterocycles. The Morgan fingerprint density at radius 3 is 1.24 bits per heavy atom. The molecule has 0 N–H and O–H groups in total. The molecule has 0 rings (SSSR count). The van der Waals surface area contributed by atoms with Crippen LogP contribution in [0.25, 0.3) is 0 Å². The molecule has 17 heavy (non-hydrogen) atoms. The summed E-state index contributed by atoms with van der Waals surface area (Å²) in [7, 11) is 0. The molecule has 100 valence electrons. The van der Waals surface area contributed by atoms with Crippen molar-refractivity contribution in [3.05, 3.63) is 0 Å². The summed E-state index contributed by atoms with van der Waals surface area (Å²) in [5, 5.41) is 3.14. The van der Waals surface area contributed by atoms with Crippen LogP contribution in [0.1, 0.15) is 90.9 Å². The second-order valence-corrected chi connectivity index (χ2v) is 7.13. The molecule has 0 amide bonds. The second kappa shape index (κ2) is 16.5. The fourth-order valence-corrected chi connectivity index (χ4v) is 3.73. The molecule has 0 unspecified atom stereocenters. The van der Waals surface area contributed by atoms with Crippen molar-refractivity contribution in [3.8, 4) is 0 Å². The first-order chi connectivity index (χ1) is 8.41. The van der Waals surface area contributed by atoms with Gasteiger partial charge in [0.25, 0.3) is 0 Å². The van der Waals surface area contributed by atoms with Gasteiger partial charge in [-0.1, -0.05) is 0 Å². The molecule has 0 radical (unpaired) electrons. The van der Waals surface area contributed by atoms with Crippen LogP contribution in [0.2, 0.25) is 10.6 Å². The van der Waals surface area contributed by atoms with Crippen molar-refractivity contribution < 1.29 is 0 Å². The van der Waals surface area contributed by atoms with Gasteiger partial charge in [-0.15, -0.1) is 0 Å². The first-order valence-electron chi connectivity index (χ1n) is 8.23. The molecule has 0 aliphatic carbocycles. The van der Waals surface area contributed by atoms with Gasteiger partial charge in [0, 0.05) is 0 Å². The van der Waals surface area contributed by atoms with E-state index in [-0.39, 0.29) is 0 Å². The summed E-state index contributed by atoms with van der Waals surface area (Å²) in [6.45, 7) is 4.59. The molecule has 0 aromatic rings. The summed E-state index contributed by atoms with van der Waals surface area (Å²) in [4.78, 5) is 0. The van der Waals surface area contributed by atoms with Crippen molar-refractivity contribution in [2.45, 2.75) is 101 Å². The van der Waals surface area contributed by atoms with Crippen molar-refractivity contribution >= 4 is 15.2 Å².